The maximum Gasteiger partial charge on any atom is 0.332 e. The Kier molecular flexibility index (Phi) is 3.80. The van der Waals surface area contributed by atoms with Crippen LogP contribution in [-0.2, 0) is 0 Å². The monoisotopic (exact) mass is 345 g/mol. The Bertz CT molecular complexity index is 1150. The molecule has 0 spiro atoms. The number of rotatable bonds is 3. The summed E-state index contributed by atoms with van der Waals surface area (Å²) in [7, 11) is 0. The van der Waals surface area contributed by atoms with E-state index in [1.54, 1.807) is 16.8 Å². The number of hydrogen-bond donors (Lipinski definition) is 2. The van der Waals surface area contributed by atoms with Crippen LogP contribution in [0, 0.1) is 20.8 Å². The Morgan fingerprint density at radius 3 is 2.54 bits per heavy atom. The number of aryl methyl sites for hydroxylation is 2. The number of nitrogens with one attached hydrogen (secondary N) is 2. The van der Waals surface area contributed by atoms with E-state index in [2.05, 4.69) is 53.2 Å². The lowest BCUT2D eigenvalue weighted by atomic mass is 10.0. The Morgan fingerprint density at radius 1 is 1.04 bits per heavy atom. The highest BCUT2D eigenvalue weighted by Crippen LogP contribution is 2.22. The third kappa shape index (κ3) is 2.75. The molecule has 0 unspecified atom stereocenters. The highest BCUT2D eigenvalue weighted by molar-refractivity contribution is 5.76. The molecule has 0 saturated carbocycles. The number of fused-ring (bicyclic) bond motifs is 1. The summed E-state index contributed by atoms with van der Waals surface area (Å²) in [4.78, 5) is 24.0. The van der Waals surface area contributed by atoms with Gasteiger partial charge in [0.05, 0.1) is 11.0 Å². The summed E-state index contributed by atoms with van der Waals surface area (Å²) in [5.41, 5.74) is 5.94. The van der Waals surface area contributed by atoms with E-state index >= 15 is 0 Å². The summed E-state index contributed by atoms with van der Waals surface area (Å²) in [6.07, 6.45) is 1.65. The molecule has 0 amide bonds. The lowest BCUT2D eigenvalue weighted by molar-refractivity contribution is 0.953. The summed E-state index contributed by atoms with van der Waals surface area (Å²) in [6.45, 7) is 6.27. The van der Waals surface area contributed by atoms with E-state index in [0.717, 1.165) is 16.7 Å². The second-order valence-electron chi connectivity index (χ2n) is 6.38. The first-order chi connectivity index (χ1) is 12.5. The van der Waals surface area contributed by atoms with Gasteiger partial charge in [-0.1, -0.05) is 12.1 Å². The van der Waals surface area contributed by atoms with Crippen molar-refractivity contribution in [2.24, 2.45) is 0 Å². The maximum atomic E-state index is 12.4. The van der Waals surface area contributed by atoms with Gasteiger partial charge < -0.3 is 10.3 Å². The van der Waals surface area contributed by atoms with Crippen molar-refractivity contribution in [3.8, 4) is 5.82 Å². The van der Waals surface area contributed by atoms with Gasteiger partial charge in [-0.05, 0) is 61.7 Å². The second-order valence-corrected chi connectivity index (χ2v) is 6.38. The molecule has 0 fully saturated rings. The van der Waals surface area contributed by atoms with Crippen LogP contribution < -0.4 is 11.0 Å². The van der Waals surface area contributed by atoms with E-state index < -0.39 is 0 Å². The number of H-pyrrole nitrogens is 1. The number of imidazole rings is 1. The quantitative estimate of drug-likeness (QED) is 0.592. The van der Waals surface area contributed by atoms with Gasteiger partial charge in [0, 0.05) is 18.0 Å². The zero-order valence-corrected chi connectivity index (χ0v) is 14.9. The molecule has 0 aliphatic heterocycles. The Hall–Kier alpha value is -3.41. The minimum Gasteiger partial charge on any atom is -0.324 e. The van der Waals surface area contributed by atoms with Crippen molar-refractivity contribution in [3.05, 3.63) is 75.8 Å². The highest BCUT2D eigenvalue weighted by Gasteiger charge is 2.10. The number of hydrogen-bond acceptors (Lipinski definition) is 4. The molecule has 6 nitrogen and oxygen atoms in total. The van der Waals surface area contributed by atoms with E-state index in [1.165, 1.54) is 16.7 Å². The first kappa shape index (κ1) is 16.1. The molecule has 0 saturated heterocycles. The van der Waals surface area contributed by atoms with Crippen LogP contribution in [0.2, 0.25) is 0 Å². The molecule has 2 aromatic carbocycles. The summed E-state index contributed by atoms with van der Waals surface area (Å²) >= 11 is 0. The number of aromatic amines is 1. The fourth-order valence-corrected chi connectivity index (χ4v) is 3.05. The van der Waals surface area contributed by atoms with Gasteiger partial charge in [0.15, 0.2) is 0 Å². The van der Waals surface area contributed by atoms with Crippen LogP contribution in [0.3, 0.4) is 0 Å². The number of para-hydroxylation sites is 2. The SMILES string of the molecule is Cc1cc(Nc2nccc(-n3c(=O)[nH]c4ccccc43)n2)cc(C)c1C. The van der Waals surface area contributed by atoms with Crippen molar-refractivity contribution < 1.29 is 0 Å². The van der Waals surface area contributed by atoms with Crippen LogP contribution in [-0.4, -0.2) is 19.5 Å². The molecule has 4 rings (SSSR count). The van der Waals surface area contributed by atoms with E-state index in [0.29, 0.717) is 11.8 Å². The van der Waals surface area contributed by atoms with Crippen LogP contribution >= 0.6 is 0 Å². The second kappa shape index (κ2) is 6.15. The van der Waals surface area contributed by atoms with Gasteiger partial charge >= 0.3 is 5.69 Å². The fourth-order valence-electron chi connectivity index (χ4n) is 3.05. The Balaban J connectivity index is 1.76. The summed E-state index contributed by atoms with van der Waals surface area (Å²) in [5.74, 6) is 0.966. The van der Waals surface area contributed by atoms with Gasteiger partial charge in [-0.25, -0.2) is 14.3 Å². The van der Waals surface area contributed by atoms with Crippen molar-refractivity contribution >= 4 is 22.7 Å². The molecule has 2 heterocycles. The molecular formula is C20H19N5O. The molecule has 4 aromatic rings. The van der Waals surface area contributed by atoms with Crippen LogP contribution in [0.15, 0.2) is 53.5 Å². The van der Waals surface area contributed by atoms with E-state index in [9.17, 15) is 4.79 Å². The molecular weight excluding hydrogens is 326 g/mol. The molecule has 2 aromatic heterocycles. The number of aromatic nitrogens is 4. The topological polar surface area (TPSA) is 75.6 Å². The minimum atomic E-state index is -0.224. The van der Waals surface area contributed by atoms with Crippen LogP contribution in [0.25, 0.3) is 16.9 Å². The molecule has 0 aliphatic rings. The van der Waals surface area contributed by atoms with E-state index in [1.807, 2.05) is 24.3 Å². The van der Waals surface area contributed by atoms with Crippen molar-refractivity contribution in [1.82, 2.24) is 19.5 Å². The molecule has 0 bridgehead atoms. The van der Waals surface area contributed by atoms with Gasteiger partial charge in [-0.15, -0.1) is 0 Å². The summed E-state index contributed by atoms with van der Waals surface area (Å²) < 4.78 is 1.55. The standard InChI is InChI=1S/C20H19N5O/c1-12-10-15(11-13(2)14(12)3)22-19-21-9-8-18(24-19)25-17-7-5-4-6-16(17)23-20(25)26/h4-11H,1-3H3,(H,23,26)(H,21,22,24). The predicted molar refractivity (Wildman–Crippen MR) is 103 cm³/mol. The van der Waals surface area contributed by atoms with Crippen molar-refractivity contribution in [1.29, 1.82) is 0 Å². The zero-order chi connectivity index (χ0) is 18.3. The van der Waals surface area contributed by atoms with E-state index in [4.69, 9.17) is 0 Å². The smallest absolute Gasteiger partial charge is 0.324 e. The average molecular weight is 345 g/mol. The predicted octanol–water partition coefficient (Wildman–Crippen LogP) is 3.78. The van der Waals surface area contributed by atoms with Crippen LogP contribution in [0.1, 0.15) is 16.7 Å². The first-order valence-corrected chi connectivity index (χ1v) is 8.41. The average Bonchev–Trinajstić information content (AvgIpc) is 2.95. The maximum absolute atomic E-state index is 12.4. The van der Waals surface area contributed by atoms with Gasteiger partial charge in [0.1, 0.15) is 5.82 Å². The Morgan fingerprint density at radius 2 is 1.77 bits per heavy atom. The van der Waals surface area contributed by atoms with Gasteiger partial charge in [0.2, 0.25) is 5.95 Å². The number of anilines is 2. The van der Waals surface area contributed by atoms with Gasteiger partial charge in [-0.3, -0.25) is 0 Å². The molecule has 0 atom stereocenters. The van der Waals surface area contributed by atoms with Gasteiger partial charge in [-0.2, -0.15) is 4.98 Å². The number of benzene rings is 2. The highest BCUT2D eigenvalue weighted by atomic mass is 16.1. The molecule has 130 valence electrons. The van der Waals surface area contributed by atoms with Crippen LogP contribution in [0.5, 0.6) is 0 Å². The normalized spacial score (nSPS) is 11.0. The fraction of sp³-hybridized carbons (Fsp3) is 0.150. The third-order valence-electron chi connectivity index (χ3n) is 4.64. The molecule has 26 heavy (non-hydrogen) atoms. The summed E-state index contributed by atoms with van der Waals surface area (Å²) in [6, 6.07) is 13.4. The lowest BCUT2D eigenvalue weighted by Crippen LogP contribution is -2.16. The van der Waals surface area contributed by atoms with E-state index in [-0.39, 0.29) is 5.69 Å². The number of nitrogens with zero attached hydrogens (tertiary/aromatic N) is 3. The van der Waals surface area contributed by atoms with Crippen molar-refractivity contribution in [2.45, 2.75) is 20.8 Å². The molecule has 0 aliphatic carbocycles. The minimum absolute atomic E-state index is 0.224. The summed E-state index contributed by atoms with van der Waals surface area (Å²) in [5, 5.41) is 3.23. The molecule has 2 N–H and O–H groups in total. The Labute approximate surface area is 150 Å². The van der Waals surface area contributed by atoms with Crippen molar-refractivity contribution in [3.63, 3.8) is 0 Å². The molecule has 0 radical (unpaired) electrons. The molecule has 6 heteroatoms. The third-order valence-corrected chi connectivity index (χ3v) is 4.64. The largest absolute Gasteiger partial charge is 0.332 e. The van der Waals surface area contributed by atoms with Crippen molar-refractivity contribution in [2.75, 3.05) is 5.32 Å². The zero-order valence-electron chi connectivity index (χ0n) is 14.9. The first-order valence-electron chi connectivity index (χ1n) is 8.41. The lowest BCUT2D eigenvalue weighted by Gasteiger charge is -2.11. The van der Waals surface area contributed by atoms with Crippen LogP contribution in [0.4, 0.5) is 11.6 Å². The van der Waals surface area contributed by atoms with Gasteiger partial charge in [0.25, 0.3) is 0 Å².